The fraction of sp³-hybridized carbons (Fsp3) is 1.00. The van der Waals surface area contributed by atoms with Crippen LogP contribution in [0.5, 0.6) is 0 Å². The van der Waals surface area contributed by atoms with Gasteiger partial charge in [0.2, 0.25) is 0 Å². The standard InChI is InChI=1S/C13H26N2O2/c1-13(2)11-16-9-7-15(13)8-10-17-12-3-5-14-6-4-12/h12,14H,3-11H2,1-2H3. The van der Waals surface area contributed by atoms with Crippen LogP contribution in [0, 0.1) is 0 Å². The first-order valence-corrected chi connectivity index (χ1v) is 6.83. The Morgan fingerprint density at radius 2 is 2.12 bits per heavy atom. The Labute approximate surface area is 105 Å². The molecule has 0 aromatic rings. The summed E-state index contributed by atoms with van der Waals surface area (Å²) in [5, 5.41) is 3.36. The van der Waals surface area contributed by atoms with Gasteiger partial charge in [-0.25, -0.2) is 0 Å². The summed E-state index contributed by atoms with van der Waals surface area (Å²) >= 11 is 0. The molecule has 4 nitrogen and oxygen atoms in total. The van der Waals surface area contributed by atoms with Gasteiger partial charge in [0.15, 0.2) is 0 Å². The van der Waals surface area contributed by atoms with E-state index in [4.69, 9.17) is 9.47 Å². The molecule has 0 radical (unpaired) electrons. The zero-order valence-corrected chi connectivity index (χ0v) is 11.2. The molecule has 2 rings (SSSR count). The smallest absolute Gasteiger partial charge is 0.0645 e. The lowest BCUT2D eigenvalue weighted by Gasteiger charge is -2.42. The Bertz CT molecular complexity index is 227. The first kappa shape index (κ1) is 13.3. The maximum absolute atomic E-state index is 5.96. The molecule has 0 unspecified atom stereocenters. The van der Waals surface area contributed by atoms with Crippen LogP contribution >= 0.6 is 0 Å². The molecule has 17 heavy (non-hydrogen) atoms. The van der Waals surface area contributed by atoms with Gasteiger partial charge in [-0.1, -0.05) is 0 Å². The van der Waals surface area contributed by atoms with E-state index in [2.05, 4.69) is 24.1 Å². The minimum Gasteiger partial charge on any atom is -0.378 e. The molecule has 0 atom stereocenters. The summed E-state index contributed by atoms with van der Waals surface area (Å²) in [6.07, 6.45) is 2.79. The molecular formula is C13H26N2O2. The van der Waals surface area contributed by atoms with Gasteiger partial charge in [-0.2, -0.15) is 0 Å². The lowest BCUT2D eigenvalue weighted by Crippen LogP contribution is -2.54. The van der Waals surface area contributed by atoms with Crippen LogP contribution in [0.2, 0.25) is 0 Å². The average molecular weight is 242 g/mol. The van der Waals surface area contributed by atoms with Crippen LogP contribution in [-0.4, -0.2) is 62.5 Å². The van der Waals surface area contributed by atoms with E-state index in [0.29, 0.717) is 6.10 Å². The number of hydrogen-bond acceptors (Lipinski definition) is 4. The number of piperidine rings is 1. The normalized spacial score (nSPS) is 27.2. The van der Waals surface area contributed by atoms with E-state index in [-0.39, 0.29) is 5.54 Å². The molecule has 4 heteroatoms. The number of nitrogens with one attached hydrogen (secondary N) is 1. The monoisotopic (exact) mass is 242 g/mol. The highest BCUT2D eigenvalue weighted by Crippen LogP contribution is 2.18. The van der Waals surface area contributed by atoms with Gasteiger partial charge in [-0.15, -0.1) is 0 Å². The molecule has 0 spiro atoms. The van der Waals surface area contributed by atoms with Crippen LogP contribution < -0.4 is 5.32 Å². The zero-order valence-electron chi connectivity index (χ0n) is 11.2. The third-order valence-corrected chi connectivity index (χ3v) is 3.82. The lowest BCUT2D eigenvalue weighted by atomic mass is 10.0. The van der Waals surface area contributed by atoms with Crippen molar-refractivity contribution in [2.75, 3.05) is 46.0 Å². The van der Waals surface area contributed by atoms with Crippen LogP contribution in [0.4, 0.5) is 0 Å². The summed E-state index contributed by atoms with van der Waals surface area (Å²) in [6, 6.07) is 0. The van der Waals surface area contributed by atoms with Gasteiger partial charge in [-0.05, 0) is 39.8 Å². The second-order valence-corrected chi connectivity index (χ2v) is 5.67. The van der Waals surface area contributed by atoms with Crippen LogP contribution in [0.25, 0.3) is 0 Å². The highest BCUT2D eigenvalue weighted by atomic mass is 16.5. The van der Waals surface area contributed by atoms with Crippen LogP contribution in [0.3, 0.4) is 0 Å². The van der Waals surface area contributed by atoms with Crippen molar-refractivity contribution in [1.29, 1.82) is 0 Å². The maximum atomic E-state index is 5.96. The minimum atomic E-state index is 0.162. The van der Waals surface area contributed by atoms with Gasteiger partial charge in [0.25, 0.3) is 0 Å². The summed E-state index contributed by atoms with van der Waals surface area (Å²) in [4.78, 5) is 2.48. The van der Waals surface area contributed by atoms with Crippen LogP contribution in [0.15, 0.2) is 0 Å². The van der Waals surface area contributed by atoms with Gasteiger partial charge in [0.1, 0.15) is 0 Å². The van der Waals surface area contributed by atoms with Crippen molar-refractivity contribution in [2.24, 2.45) is 0 Å². The summed E-state index contributed by atoms with van der Waals surface area (Å²) in [7, 11) is 0. The van der Waals surface area contributed by atoms with E-state index in [9.17, 15) is 0 Å². The van der Waals surface area contributed by atoms with Crippen molar-refractivity contribution in [1.82, 2.24) is 10.2 Å². The number of ether oxygens (including phenoxy) is 2. The van der Waals surface area contributed by atoms with Gasteiger partial charge >= 0.3 is 0 Å². The van der Waals surface area contributed by atoms with Gasteiger partial charge in [0.05, 0.1) is 25.9 Å². The van der Waals surface area contributed by atoms with Crippen molar-refractivity contribution >= 4 is 0 Å². The zero-order chi connectivity index (χ0) is 12.1. The number of morpholine rings is 1. The Kier molecular flexibility index (Phi) is 4.79. The molecule has 0 aromatic carbocycles. The molecule has 2 fully saturated rings. The Morgan fingerprint density at radius 3 is 2.82 bits per heavy atom. The predicted octanol–water partition coefficient (Wildman–Crippen LogP) is 0.866. The molecule has 2 heterocycles. The Morgan fingerprint density at radius 1 is 1.35 bits per heavy atom. The third kappa shape index (κ3) is 3.91. The first-order chi connectivity index (χ1) is 8.18. The number of hydrogen-bond donors (Lipinski definition) is 1. The van der Waals surface area contributed by atoms with E-state index in [1.807, 2.05) is 0 Å². The molecule has 0 aromatic heterocycles. The molecule has 2 saturated heterocycles. The topological polar surface area (TPSA) is 33.7 Å². The SMILES string of the molecule is CC1(C)COCCN1CCOC1CCNCC1. The lowest BCUT2D eigenvalue weighted by molar-refractivity contribution is -0.0682. The van der Waals surface area contributed by atoms with Crippen LogP contribution in [0.1, 0.15) is 26.7 Å². The highest BCUT2D eigenvalue weighted by molar-refractivity contribution is 4.84. The van der Waals surface area contributed by atoms with Crippen molar-refractivity contribution in [3.05, 3.63) is 0 Å². The highest BCUT2D eigenvalue weighted by Gasteiger charge is 2.30. The molecule has 1 N–H and O–H groups in total. The van der Waals surface area contributed by atoms with Crippen molar-refractivity contribution in [3.63, 3.8) is 0 Å². The van der Waals surface area contributed by atoms with E-state index in [0.717, 1.165) is 58.8 Å². The first-order valence-electron chi connectivity index (χ1n) is 6.83. The second kappa shape index (κ2) is 6.14. The maximum Gasteiger partial charge on any atom is 0.0645 e. The molecule has 100 valence electrons. The fourth-order valence-corrected chi connectivity index (χ4v) is 2.60. The molecule has 0 amide bonds. The van der Waals surface area contributed by atoms with Crippen molar-refractivity contribution in [2.45, 2.75) is 38.3 Å². The van der Waals surface area contributed by atoms with E-state index >= 15 is 0 Å². The summed E-state index contributed by atoms with van der Waals surface area (Å²) in [6.45, 7) is 11.3. The predicted molar refractivity (Wildman–Crippen MR) is 68.3 cm³/mol. The largest absolute Gasteiger partial charge is 0.378 e. The molecular weight excluding hydrogens is 216 g/mol. The summed E-state index contributed by atoms with van der Waals surface area (Å²) < 4.78 is 11.5. The quantitative estimate of drug-likeness (QED) is 0.793. The van der Waals surface area contributed by atoms with Crippen molar-refractivity contribution in [3.8, 4) is 0 Å². The van der Waals surface area contributed by atoms with E-state index < -0.39 is 0 Å². The van der Waals surface area contributed by atoms with Gasteiger partial charge < -0.3 is 14.8 Å². The van der Waals surface area contributed by atoms with E-state index in [1.54, 1.807) is 0 Å². The molecule has 0 aliphatic carbocycles. The Balaban J connectivity index is 1.66. The summed E-state index contributed by atoms with van der Waals surface area (Å²) in [5.74, 6) is 0. The molecule has 2 aliphatic rings. The fourth-order valence-electron chi connectivity index (χ4n) is 2.60. The molecule has 2 aliphatic heterocycles. The average Bonchev–Trinajstić information content (AvgIpc) is 2.32. The summed E-state index contributed by atoms with van der Waals surface area (Å²) in [5.41, 5.74) is 0.162. The minimum absolute atomic E-state index is 0.162. The molecule has 0 saturated carbocycles. The van der Waals surface area contributed by atoms with Crippen molar-refractivity contribution < 1.29 is 9.47 Å². The third-order valence-electron chi connectivity index (χ3n) is 3.82. The second-order valence-electron chi connectivity index (χ2n) is 5.67. The van der Waals surface area contributed by atoms with E-state index in [1.165, 1.54) is 0 Å². The Hall–Kier alpha value is -0.160. The molecule has 0 bridgehead atoms. The van der Waals surface area contributed by atoms with Crippen LogP contribution in [-0.2, 0) is 9.47 Å². The number of rotatable bonds is 4. The number of nitrogens with zero attached hydrogens (tertiary/aromatic N) is 1. The van der Waals surface area contributed by atoms with Gasteiger partial charge in [0, 0.05) is 18.6 Å². The van der Waals surface area contributed by atoms with Gasteiger partial charge in [-0.3, -0.25) is 4.90 Å².